The van der Waals surface area contributed by atoms with E-state index in [0.717, 1.165) is 6.54 Å². The molecular formula is C21H25Cl2N5O2S. The van der Waals surface area contributed by atoms with E-state index in [4.69, 9.17) is 33.7 Å². The van der Waals surface area contributed by atoms with E-state index < -0.39 is 0 Å². The van der Waals surface area contributed by atoms with Gasteiger partial charge in [0, 0.05) is 30.0 Å². The summed E-state index contributed by atoms with van der Waals surface area (Å²) < 4.78 is 5.98. The summed E-state index contributed by atoms with van der Waals surface area (Å²) in [6.45, 7) is 5.89. The Hall–Kier alpha value is -2.13. The van der Waals surface area contributed by atoms with Crippen molar-refractivity contribution in [3.05, 3.63) is 33.1 Å². The number of ether oxygens (including phenoxy) is 1. The number of carbonyl (C=O) groups is 1. The lowest BCUT2D eigenvalue weighted by Crippen LogP contribution is -2.24. The SMILES string of the molecule is CCNC(=O)c1cc2c(-c3cc(OCC(C)CN(C)C)c(Cl)cc3Cl)nc(N)nc2s1. The van der Waals surface area contributed by atoms with Crippen LogP contribution in [-0.2, 0) is 0 Å². The number of benzene rings is 1. The quantitative estimate of drug-likeness (QED) is 0.489. The van der Waals surface area contributed by atoms with E-state index >= 15 is 0 Å². The highest BCUT2D eigenvalue weighted by atomic mass is 35.5. The second-order valence-electron chi connectivity index (χ2n) is 7.56. The van der Waals surface area contributed by atoms with Crippen LogP contribution >= 0.6 is 34.5 Å². The highest BCUT2D eigenvalue weighted by molar-refractivity contribution is 7.20. The van der Waals surface area contributed by atoms with Crippen LogP contribution in [0.4, 0.5) is 5.95 Å². The first-order valence-corrected chi connectivity index (χ1v) is 11.4. The van der Waals surface area contributed by atoms with Gasteiger partial charge in [0.2, 0.25) is 5.95 Å². The maximum Gasteiger partial charge on any atom is 0.261 e. The molecule has 0 bridgehead atoms. The van der Waals surface area contributed by atoms with Crippen LogP contribution in [-0.4, -0.2) is 54.6 Å². The van der Waals surface area contributed by atoms with Gasteiger partial charge in [0.15, 0.2) is 0 Å². The van der Waals surface area contributed by atoms with Gasteiger partial charge in [0.25, 0.3) is 5.91 Å². The standard InChI is InChI=1S/C21H25Cl2N5O2S/c1-5-25-19(29)17-7-13-18(26-21(24)27-20(13)31-17)12-6-16(15(23)8-14(12)22)30-10-11(2)9-28(3)4/h6-8,11H,5,9-10H2,1-4H3,(H,25,29)(H2,24,26,27). The van der Waals surface area contributed by atoms with Gasteiger partial charge in [-0.05, 0) is 39.2 Å². The van der Waals surface area contributed by atoms with Crippen LogP contribution in [0.1, 0.15) is 23.5 Å². The summed E-state index contributed by atoms with van der Waals surface area (Å²) in [4.78, 5) is 24.2. The van der Waals surface area contributed by atoms with Crippen molar-refractivity contribution in [2.24, 2.45) is 5.92 Å². The molecular weight excluding hydrogens is 457 g/mol. The first kappa shape index (κ1) is 23.5. The van der Waals surface area contributed by atoms with Crippen molar-refractivity contribution in [3.8, 4) is 17.0 Å². The summed E-state index contributed by atoms with van der Waals surface area (Å²) in [5.41, 5.74) is 7.09. The average Bonchev–Trinajstić information content (AvgIpc) is 3.10. The van der Waals surface area contributed by atoms with E-state index in [-0.39, 0.29) is 11.9 Å². The fraction of sp³-hybridized carbons (Fsp3) is 0.381. The third kappa shape index (κ3) is 5.57. The molecule has 0 aliphatic carbocycles. The lowest BCUT2D eigenvalue weighted by Gasteiger charge is -2.18. The minimum atomic E-state index is -0.170. The Kier molecular flexibility index (Phi) is 7.59. The van der Waals surface area contributed by atoms with Crippen LogP contribution in [0.2, 0.25) is 10.0 Å². The fourth-order valence-electron chi connectivity index (χ4n) is 3.23. The van der Waals surface area contributed by atoms with Gasteiger partial charge in [0.05, 0.1) is 27.2 Å². The van der Waals surface area contributed by atoms with Crippen LogP contribution in [0.15, 0.2) is 18.2 Å². The number of amides is 1. The van der Waals surface area contributed by atoms with Crippen molar-refractivity contribution in [2.45, 2.75) is 13.8 Å². The smallest absolute Gasteiger partial charge is 0.261 e. The number of carbonyl (C=O) groups excluding carboxylic acids is 1. The summed E-state index contributed by atoms with van der Waals surface area (Å²) in [6.07, 6.45) is 0. The number of aromatic nitrogens is 2. The Labute approximate surface area is 195 Å². The highest BCUT2D eigenvalue weighted by Crippen LogP contribution is 2.40. The third-order valence-corrected chi connectivity index (χ3v) is 6.08. The molecule has 0 aliphatic heterocycles. The van der Waals surface area contributed by atoms with Gasteiger partial charge >= 0.3 is 0 Å². The molecule has 2 aromatic heterocycles. The first-order chi connectivity index (χ1) is 14.7. The van der Waals surface area contributed by atoms with Crippen molar-refractivity contribution in [1.82, 2.24) is 20.2 Å². The van der Waals surface area contributed by atoms with Crippen LogP contribution in [0.25, 0.3) is 21.5 Å². The van der Waals surface area contributed by atoms with Crippen LogP contribution in [0.5, 0.6) is 5.75 Å². The summed E-state index contributed by atoms with van der Waals surface area (Å²) >= 11 is 14.1. The number of hydrogen-bond acceptors (Lipinski definition) is 7. The lowest BCUT2D eigenvalue weighted by atomic mass is 10.1. The van der Waals surface area contributed by atoms with E-state index in [2.05, 4.69) is 27.1 Å². The first-order valence-electron chi connectivity index (χ1n) is 9.81. The van der Waals surface area contributed by atoms with Gasteiger partial charge in [-0.3, -0.25) is 4.79 Å². The van der Waals surface area contributed by atoms with Crippen molar-refractivity contribution < 1.29 is 9.53 Å². The number of nitrogens with zero attached hydrogens (tertiary/aromatic N) is 3. The second kappa shape index (κ2) is 9.99. The Morgan fingerprint density at radius 3 is 2.68 bits per heavy atom. The van der Waals surface area contributed by atoms with Crippen LogP contribution < -0.4 is 15.8 Å². The summed E-state index contributed by atoms with van der Waals surface area (Å²) in [6, 6.07) is 5.15. The van der Waals surface area contributed by atoms with Crippen molar-refractivity contribution in [2.75, 3.05) is 39.5 Å². The molecule has 2 heterocycles. The zero-order chi connectivity index (χ0) is 22.7. The summed E-state index contributed by atoms with van der Waals surface area (Å²) in [5, 5.41) is 4.30. The highest BCUT2D eigenvalue weighted by Gasteiger charge is 2.19. The summed E-state index contributed by atoms with van der Waals surface area (Å²) in [7, 11) is 4.04. The Morgan fingerprint density at radius 2 is 2.00 bits per heavy atom. The minimum Gasteiger partial charge on any atom is -0.492 e. The van der Waals surface area contributed by atoms with Gasteiger partial charge in [-0.15, -0.1) is 11.3 Å². The molecule has 7 nitrogen and oxygen atoms in total. The van der Waals surface area contributed by atoms with E-state index in [1.54, 1.807) is 18.2 Å². The number of anilines is 1. The molecule has 0 fully saturated rings. The maximum absolute atomic E-state index is 12.3. The van der Waals surface area contributed by atoms with Gasteiger partial charge in [0.1, 0.15) is 10.6 Å². The number of hydrogen-bond donors (Lipinski definition) is 2. The molecule has 0 spiro atoms. The average molecular weight is 482 g/mol. The Balaban J connectivity index is 2.02. The Bertz CT molecular complexity index is 1100. The Morgan fingerprint density at radius 1 is 1.26 bits per heavy atom. The van der Waals surface area contributed by atoms with Gasteiger partial charge in [-0.1, -0.05) is 30.1 Å². The number of rotatable bonds is 8. The topological polar surface area (TPSA) is 93.4 Å². The molecule has 31 heavy (non-hydrogen) atoms. The molecule has 0 radical (unpaired) electrons. The lowest BCUT2D eigenvalue weighted by molar-refractivity contribution is 0.0960. The van der Waals surface area contributed by atoms with E-state index in [0.29, 0.717) is 61.2 Å². The molecule has 0 saturated carbocycles. The fourth-order valence-corrected chi connectivity index (χ4v) is 4.71. The minimum absolute atomic E-state index is 0.0971. The predicted octanol–water partition coefficient (Wildman–Crippen LogP) is 4.57. The number of halogens is 2. The molecule has 10 heteroatoms. The van der Waals surface area contributed by atoms with Crippen molar-refractivity contribution in [3.63, 3.8) is 0 Å². The number of nitrogens with two attached hydrogens (primary N) is 1. The van der Waals surface area contributed by atoms with Gasteiger partial charge in [-0.2, -0.15) is 0 Å². The molecule has 3 rings (SSSR count). The molecule has 0 saturated heterocycles. The second-order valence-corrected chi connectivity index (χ2v) is 9.41. The molecule has 1 atom stereocenters. The van der Waals surface area contributed by atoms with E-state index in [9.17, 15) is 4.79 Å². The van der Waals surface area contributed by atoms with Crippen molar-refractivity contribution in [1.29, 1.82) is 0 Å². The van der Waals surface area contributed by atoms with Crippen LogP contribution in [0.3, 0.4) is 0 Å². The third-order valence-electron chi connectivity index (χ3n) is 4.45. The predicted molar refractivity (Wildman–Crippen MR) is 129 cm³/mol. The molecule has 1 unspecified atom stereocenters. The number of thiophene rings is 1. The van der Waals surface area contributed by atoms with Gasteiger partial charge < -0.3 is 20.7 Å². The van der Waals surface area contributed by atoms with E-state index in [1.807, 2.05) is 21.0 Å². The zero-order valence-electron chi connectivity index (χ0n) is 17.8. The monoisotopic (exact) mass is 481 g/mol. The largest absolute Gasteiger partial charge is 0.492 e. The van der Waals surface area contributed by atoms with Crippen molar-refractivity contribution >= 4 is 56.6 Å². The normalized spacial score (nSPS) is 12.4. The van der Waals surface area contributed by atoms with Gasteiger partial charge in [-0.25, -0.2) is 9.97 Å². The summed E-state index contributed by atoms with van der Waals surface area (Å²) in [5.74, 6) is 0.746. The molecule has 1 aromatic carbocycles. The number of nitrogen functional groups attached to an aromatic ring is 1. The molecule has 166 valence electrons. The molecule has 1 amide bonds. The zero-order valence-corrected chi connectivity index (χ0v) is 20.2. The maximum atomic E-state index is 12.3. The number of nitrogens with one attached hydrogen (secondary N) is 1. The molecule has 3 N–H and O–H groups in total. The number of fused-ring (bicyclic) bond motifs is 1. The van der Waals surface area contributed by atoms with Crippen LogP contribution in [0, 0.1) is 5.92 Å². The van der Waals surface area contributed by atoms with E-state index in [1.165, 1.54) is 11.3 Å². The molecule has 3 aromatic rings. The molecule has 0 aliphatic rings.